The minimum absolute atomic E-state index is 0.00123. The van der Waals surface area contributed by atoms with E-state index in [0.717, 1.165) is 26.9 Å². The van der Waals surface area contributed by atoms with Crippen molar-refractivity contribution < 1.29 is 0 Å². The van der Waals surface area contributed by atoms with E-state index in [2.05, 4.69) is 54.2 Å². The molecular formula is C12H14Br2N4. The predicted molar refractivity (Wildman–Crippen MR) is 78.4 cm³/mol. The third-order valence-corrected chi connectivity index (χ3v) is 3.62. The fourth-order valence-electron chi connectivity index (χ4n) is 1.77. The molecule has 0 saturated carbocycles. The molecule has 0 radical (unpaired) electrons. The number of aryl methyl sites for hydroxylation is 1. The summed E-state index contributed by atoms with van der Waals surface area (Å²) in [5.74, 6) is 0. The van der Waals surface area contributed by atoms with E-state index in [-0.39, 0.29) is 6.04 Å². The van der Waals surface area contributed by atoms with Crippen LogP contribution in [0.3, 0.4) is 0 Å². The van der Waals surface area contributed by atoms with Crippen LogP contribution in [0.1, 0.15) is 24.4 Å². The highest BCUT2D eigenvalue weighted by Crippen LogP contribution is 2.27. The monoisotopic (exact) mass is 372 g/mol. The standard InChI is InChI=1S/C12H14Br2N4/c1-3-15-12(10-4-5-18(2)17-10)11-9(14)6-8(13)7-16-11/h4-7,12,15H,3H2,1-2H3. The van der Waals surface area contributed by atoms with Crippen LogP contribution in [-0.2, 0) is 7.05 Å². The molecule has 2 aromatic heterocycles. The molecule has 0 aromatic carbocycles. The molecule has 1 unspecified atom stereocenters. The lowest BCUT2D eigenvalue weighted by molar-refractivity contribution is 0.585. The number of aromatic nitrogens is 3. The lowest BCUT2D eigenvalue weighted by Crippen LogP contribution is -2.24. The van der Waals surface area contributed by atoms with Gasteiger partial charge in [-0.05, 0) is 50.5 Å². The molecule has 2 heterocycles. The van der Waals surface area contributed by atoms with Crippen molar-refractivity contribution in [2.45, 2.75) is 13.0 Å². The van der Waals surface area contributed by atoms with E-state index in [4.69, 9.17) is 0 Å². The molecule has 18 heavy (non-hydrogen) atoms. The highest BCUT2D eigenvalue weighted by Gasteiger charge is 2.19. The van der Waals surface area contributed by atoms with E-state index >= 15 is 0 Å². The summed E-state index contributed by atoms with van der Waals surface area (Å²) in [5, 5.41) is 7.86. The van der Waals surface area contributed by atoms with Crippen molar-refractivity contribution in [3.63, 3.8) is 0 Å². The SMILES string of the molecule is CCNC(c1ccn(C)n1)c1ncc(Br)cc1Br. The minimum atomic E-state index is -0.00123. The zero-order valence-electron chi connectivity index (χ0n) is 10.2. The topological polar surface area (TPSA) is 42.7 Å². The molecule has 0 aliphatic heterocycles. The third-order valence-electron chi connectivity index (χ3n) is 2.55. The third kappa shape index (κ3) is 2.99. The summed E-state index contributed by atoms with van der Waals surface area (Å²) in [6, 6.07) is 4.00. The van der Waals surface area contributed by atoms with Gasteiger partial charge >= 0.3 is 0 Å². The van der Waals surface area contributed by atoms with E-state index in [9.17, 15) is 0 Å². The summed E-state index contributed by atoms with van der Waals surface area (Å²) < 4.78 is 3.72. The van der Waals surface area contributed by atoms with Crippen LogP contribution in [0.25, 0.3) is 0 Å². The Hall–Kier alpha value is -0.720. The van der Waals surface area contributed by atoms with Crippen LogP contribution in [0.4, 0.5) is 0 Å². The second kappa shape index (κ2) is 5.95. The fraction of sp³-hybridized carbons (Fsp3) is 0.333. The number of hydrogen-bond acceptors (Lipinski definition) is 3. The van der Waals surface area contributed by atoms with Crippen molar-refractivity contribution in [3.8, 4) is 0 Å². The molecule has 1 atom stereocenters. The van der Waals surface area contributed by atoms with Gasteiger partial charge in [-0.1, -0.05) is 6.92 Å². The zero-order valence-corrected chi connectivity index (χ0v) is 13.4. The number of nitrogens with zero attached hydrogens (tertiary/aromatic N) is 3. The molecular weight excluding hydrogens is 360 g/mol. The van der Waals surface area contributed by atoms with E-state index in [0.29, 0.717) is 0 Å². The molecule has 6 heteroatoms. The summed E-state index contributed by atoms with van der Waals surface area (Å²) >= 11 is 6.97. The Balaban J connectivity index is 2.41. The van der Waals surface area contributed by atoms with Gasteiger partial charge in [0.15, 0.2) is 0 Å². The largest absolute Gasteiger partial charge is 0.304 e. The van der Waals surface area contributed by atoms with Gasteiger partial charge in [-0.15, -0.1) is 0 Å². The molecule has 0 amide bonds. The zero-order chi connectivity index (χ0) is 13.1. The van der Waals surface area contributed by atoms with Crippen LogP contribution in [0, 0.1) is 0 Å². The van der Waals surface area contributed by atoms with Gasteiger partial charge in [0.05, 0.1) is 17.4 Å². The summed E-state index contributed by atoms with van der Waals surface area (Å²) in [7, 11) is 1.91. The van der Waals surface area contributed by atoms with Gasteiger partial charge < -0.3 is 5.32 Å². The smallest absolute Gasteiger partial charge is 0.0955 e. The fourth-order valence-corrected chi connectivity index (χ4v) is 2.99. The molecule has 1 N–H and O–H groups in total. The van der Waals surface area contributed by atoms with Crippen molar-refractivity contribution in [1.29, 1.82) is 0 Å². The Morgan fingerprint density at radius 2 is 2.22 bits per heavy atom. The molecule has 0 aliphatic carbocycles. The van der Waals surface area contributed by atoms with Gasteiger partial charge in [0.2, 0.25) is 0 Å². The second-order valence-corrected chi connectivity index (χ2v) is 5.70. The van der Waals surface area contributed by atoms with Gasteiger partial charge in [0.25, 0.3) is 0 Å². The first kappa shape index (κ1) is 13.7. The normalized spacial score (nSPS) is 12.7. The van der Waals surface area contributed by atoms with Gasteiger partial charge in [0, 0.05) is 28.4 Å². The highest BCUT2D eigenvalue weighted by atomic mass is 79.9. The number of halogens is 2. The van der Waals surface area contributed by atoms with E-state index in [1.807, 2.05) is 25.4 Å². The minimum Gasteiger partial charge on any atom is -0.304 e. The van der Waals surface area contributed by atoms with Crippen LogP contribution < -0.4 is 5.32 Å². The maximum absolute atomic E-state index is 4.48. The molecule has 2 aromatic rings. The number of pyridine rings is 1. The lowest BCUT2D eigenvalue weighted by Gasteiger charge is -2.16. The summed E-state index contributed by atoms with van der Waals surface area (Å²) in [6.07, 6.45) is 3.74. The Kier molecular flexibility index (Phi) is 4.53. The van der Waals surface area contributed by atoms with Crippen molar-refractivity contribution in [3.05, 3.63) is 44.9 Å². The van der Waals surface area contributed by atoms with Crippen LogP contribution in [0.15, 0.2) is 33.5 Å². The van der Waals surface area contributed by atoms with Crippen LogP contribution in [0.2, 0.25) is 0 Å². The van der Waals surface area contributed by atoms with Crippen molar-refractivity contribution >= 4 is 31.9 Å². The maximum atomic E-state index is 4.48. The number of nitrogens with one attached hydrogen (secondary N) is 1. The summed E-state index contributed by atoms with van der Waals surface area (Å²) in [5.41, 5.74) is 1.91. The predicted octanol–water partition coefficient (Wildman–Crippen LogP) is 3.04. The average molecular weight is 374 g/mol. The van der Waals surface area contributed by atoms with Gasteiger partial charge in [-0.2, -0.15) is 5.10 Å². The number of rotatable bonds is 4. The van der Waals surface area contributed by atoms with E-state index < -0.39 is 0 Å². The van der Waals surface area contributed by atoms with Gasteiger partial charge in [-0.25, -0.2) is 0 Å². The Morgan fingerprint density at radius 1 is 1.44 bits per heavy atom. The Bertz CT molecular complexity index is 539. The van der Waals surface area contributed by atoms with Gasteiger partial charge in [-0.3, -0.25) is 9.67 Å². The second-order valence-electron chi connectivity index (χ2n) is 3.93. The van der Waals surface area contributed by atoms with E-state index in [1.165, 1.54) is 0 Å². The maximum Gasteiger partial charge on any atom is 0.0955 e. The van der Waals surface area contributed by atoms with Crippen molar-refractivity contribution in [1.82, 2.24) is 20.1 Å². The first-order chi connectivity index (χ1) is 8.61. The Morgan fingerprint density at radius 3 is 2.78 bits per heavy atom. The van der Waals surface area contributed by atoms with Crippen LogP contribution in [0.5, 0.6) is 0 Å². The quantitative estimate of drug-likeness (QED) is 0.895. The van der Waals surface area contributed by atoms with Crippen LogP contribution in [-0.4, -0.2) is 21.3 Å². The molecule has 0 aliphatic rings. The molecule has 0 saturated heterocycles. The van der Waals surface area contributed by atoms with Crippen LogP contribution >= 0.6 is 31.9 Å². The average Bonchev–Trinajstić information content (AvgIpc) is 2.73. The first-order valence-electron chi connectivity index (χ1n) is 5.65. The molecule has 2 rings (SSSR count). The first-order valence-corrected chi connectivity index (χ1v) is 7.24. The van der Waals surface area contributed by atoms with Crippen molar-refractivity contribution in [2.75, 3.05) is 6.54 Å². The molecule has 96 valence electrons. The number of hydrogen-bond donors (Lipinski definition) is 1. The lowest BCUT2D eigenvalue weighted by atomic mass is 10.1. The van der Waals surface area contributed by atoms with Gasteiger partial charge in [0.1, 0.15) is 0 Å². The molecule has 0 fully saturated rings. The summed E-state index contributed by atoms with van der Waals surface area (Å²) in [6.45, 7) is 2.92. The van der Waals surface area contributed by atoms with Crippen molar-refractivity contribution in [2.24, 2.45) is 7.05 Å². The molecule has 0 spiro atoms. The Labute approximate surface area is 123 Å². The molecule has 0 bridgehead atoms. The summed E-state index contributed by atoms with van der Waals surface area (Å²) in [4.78, 5) is 4.48. The highest BCUT2D eigenvalue weighted by molar-refractivity contribution is 9.11. The molecule has 4 nitrogen and oxygen atoms in total. The van der Waals surface area contributed by atoms with E-state index in [1.54, 1.807) is 10.9 Å².